The third-order valence-electron chi connectivity index (χ3n) is 6.29. The summed E-state index contributed by atoms with van der Waals surface area (Å²) in [6, 6.07) is 16.2. The summed E-state index contributed by atoms with van der Waals surface area (Å²) in [6.45, 7) is 6.89. The van der Waals surface area contributed by atoms with E-state index in [1.54, 1.807) is 14.2 Å². The van der Waals surface area contributed by atoms with Crippen LogP contribution in [-0.2, 0) is 15.9 Å². The first-order valence-corrected chi connectivity index (χ1v) is 12.1. The van der Waals surface area contributed by atoms with Crippen molar-refractivity contribution in [1.29, 1.82) is 0 Å². The van der Waals surface area contributed by atoms with Crippen LogP contribution in [-0.4, -0.2) is 48.3 Å². The van der Waals surface area contributed by atoms with Crippen LogP contribution in [0.4, 0.5) is 0 Å². The molecular formula is C28H37N3O3. The number of amides is 1. The van der Waals surface area contributed by atoms with Gasteiger partial charge in [0.2, 0.25) is 0 Å². The minimum Gasteiger partial charge on any atom is -0.495 e. The molecule has 6 heteroatoms. The molecule has 1 aromatic carbocycles. The van der Waals surface area contributed by atoms with Crippen molar-refractivity contribution < 1.29 is 14.3 Å². The fourth-order valence-electron chi connectivity index (χ4n) is 4.14. The van der Waals surface area contributed by atoms with E-state index in [1.165, 1.54) is 5.56 Å². The van der Waals surface area contributed by atoms with E-state index in [0.717, 1.165) is 42.8 Å². The van der Waals surface area contributed by atoms with Crippen molar-refractivity contribution in [3.63, 3.8) is 0 Å². The minimum absolute atomic E-state index is 0.0282. The Hall–Kier alpha value is -3.15. The van der Waals surface area contributed by atoms with Crippen molar-refractivity contribution in [3.8, 4) is 0 Å². The number of aromatic nitrogens is 1. The van der Waals surface area contributed by atoms with Crippen LogP contribution in [0, 0.1) is 0 Å². The van der Waals surface area contributed by atoms with Crippen LogP contribution in [0.5, 0.6) is 0 Å². The molecule has 6 nitrogen and oxygen atoms in total. The second kappa shape index (κ2) is 12.4. The number of benzene rings is 1. The van der Waals surface area contributed by atoms with Crippen LogP contribution in [0.2, 0.25) is 0 Å². The summed E-state index contributed by atoms with van der Waals surface area (Å²) in [4.78, 5) is 24.9. The molecule has 182 valence electrons. The Bertz CT molecular complexity index is 1010. The largest absolute Gasteiger partial charge is 0.495 e. The van der Waals surface area contributed by atoms with Gasteiger partial charge in [0, 0.05) is 36.8 Å². The first kappa shape index (κ1) is 25.5. The molecule has 0 spiro atoms. The standard InChI is InChI=1S/C28H37N3O3/c1-20(2)24-12-9-13-25(30-24)28(32)31(21(3)14-15-22-10-7-6-8-11-22)19-18-23-16-17-26(33-4)27(29-23)34-5/h6-13,20-21H,14-19H2,1-5H3. The zero-order valence-corrected chi connectivity index (χ0v) is 21.1. The lowest BCUT2D eigenvalue weighted by atomic mass is 10.0. The van der Waals surface area contributed by atoms with Crippen molar-refractivity contribution in [2.45, 2.75) is 64.8 Å². The van der Waals surface area contributed by atoms with Gasteiger partial charge in [-0.2, -0.15) is 0 Å². The average Bonchev–Trinajstić information content (AvgIpc) is 2.87. The van der Waals surface area contributed by atoms with Gasteiger partial charge in [0.1, 0.15) is 5.69 Å². The molecule has 1 atom stereocenters. The Kier molecular flexibility index (Phi) is 9.25. The maximum absolute atomic E-state index is 13.6. The SMILES string of the molecule is COC1=C(OC)N=C(CCN(C(=O)c2cccc(C(C)C)n2)C(C)CCc2ccccc2)CC1. The summed E-state index contributed by atoms with van der Waals surface area (Å²) >= 11 is 0. The first-order chi connectivity index (χ1) is 16.4. The van der Waals surface area contributed by atoms with E-state index in [-0.39, 0.29) is 17.9 Å². The topological polar surface area (TPSA) is 64.0 Å². The highest BCUT2D eigenvalue weighted by Crippen LogP contribution is 2.23. The molecule has 3 rings (SSSR count). The number of rotatable bonds is 11. The molecule has 0 radical (unpaired) electrons. The third kappa shape index (κ3) is 6.69. The van der Waals surface area contributed by atoms with Crippen molar-refractivity contribution in [1.82, 2.24) is 9.88 Å². The summed E-state index contributed by atoms with van der Waals surface area (Å²) in [5.74, 6) is 1.54. The number of ether oxygens (including phenoxy) is 2. The number of allylic oxidation sites excluding steroid dienone is 1. The lowest BCUT2D eigenvalue weighted by molar-refractivity contribution is 0.0683. The monoisotopic (exact) mass is 463 g/mol. The molecule has 0 N–H and O–H groups in total. The predicted molar refractivity (Wildman–Crippen MR) is 136 cm³/mol. The first-order valence-electron chi connectivity index (χ1n) is 12.1. The van der Waals surface area contributed by atoms with Gasteiger partial charge < -0.3 is 14.4 Å². The number of aryl methyl sites for hydroxylation is 1. The van der Waals surface area contributed by atoms with E-state index in [9.17, 15) is 4.79 Å². The number of nitrogens with zero attached hydrogens (tertiary/aromatic N) is 3. The summed E-state index contributed by atoms with van der Waals surface area (Å²) in [5, 5.41) is 0. The van der Waals surface area contributed by atoms with Crippen molar-refractivity contribution in [2.24, 2.45) is 4.99 Å². The molecule has 1 aromatic heterocycles. The summed E-state index contributed by atoms with van der Waals surface area (Å²) < 4.78 is 10.8. The van der Waals surface area contributed by atoms with Crippen LogP contribution in [0.3, 0.4) is 0 Å². The summed E-state index contributed by atoms with van der Waals surface area (Å²) in [5.41, 5.74) is 3.73. The minimum atomic E-state index is -0.0282. The number of carbonyl (C=O) groups is 1. The van der Waals surface area contributed by atoms with Crippen LogP contribution in [0.15, 0.2) is 65.2 Å². The zero-order chi connectivity index (χ0) is 24.5. The van der Waals surface area contributed by atoms with Crippen LogP contribution in [0.25, 0.3) is 0 Å². The van der Waals surface area contributed by atoms with Crippen LogP contribution >= 0.6 is 0 Å². The van der Waals surface area contributed by atoms with E-state index in [0.29, 0.717) is 24.5 Å². The van der Waals surface area contributed by atoms with E-state index in [1.807, 2.05) is 29.2 Å². The molecule has 1 aliphatic heterocycles. The van der Waals surface area contributed by atoms with Gasteiger partial charge in [-0.05, 0) is 49.8 Å². The zero-order valence-electron chi connectivity index (χ0n) is 21.1. The predicted octanol–water partition coefficient (Wildman–Crippen LogP) is 5.76. The Balaban J connectivity index is 1.78. The second-order valence-electron chi connectivity index (χ2n) is 9.04. The Labute approximate surface area is 203 Å². The number of aliphatic imine (C=N–C) groups is 1. The molecule has 2 heterocycles. The van der Waals surface area contributed by atoms with Gasteiger partial charge in [0.15, 0.2) is 5.76 Å². The van der Waals surface area contributed by atoms with Gasteiger partial charge >= 0.3 is 0 Å². The smallest absolute Gasteiger partial charge is 0.272 e. The van der Waals surface area contributed by atoms with Gasteiger partial charge in [-0.25, -0.2) is 9.98 Å². The molecular weight excluding hydrogens is 426 g/mol. The molecule has 1 amide bonds. The van der Waals surface area contributed by atoms with E-state index >= 15 is 0 Å². The maximum Gasteiger partial charge on any atom is 0.272 e. The summed E-state index contributed by atoms with van der Waals surface area (Å²) in [6.07, 6.45) is 4.05. The van der Waals surface area contributed by atoms with Crippen molar-refractivity contribution >= 4 is 11.6 Å². The van der Waals surface area contributed by atoms with E-state index in [2.05, 4.69) is 55.0 Å². The molecule has 34 heavy (non-hydrogen) atoms. The average molecular weight is 464 g/mol. The fraction of sp³-hybridized carbons (Fsp3) is 0.464. The van der Waals surface area contributed by atoms with Crippen LogP contribution < -0.4 is 0 Å². The molecule has 0 saturated carbocycles. The molecule has 2 aromatic rings. The second-order valence-corrected chi connectivity index (χ2v) is 9.04. The molecule has 1 unspecified atom stereocenters. The lowest BCUT2D eigenvalue weighted by Crippen LogP contribution is -2.41. The van der Waals surface area contributed by atoms with Crippen molar-refractivity contribution in [3.05, 3.63) is 77.1 Å². The number of carbonyl (C=O) groups excluding carboxylic acids is 1. The van der Waals surface area contributed by atoms with Crippen LogP contribution in [0.1, 0.15) is 74.1 Å². The highest BCUT2D eigenvalue weighted by Gasteiger charge is 2.25. The van der Waals surface area contributed by atoms with E-state index < -0.39 is 0 Å². The van der Waals surface area contributed by atoms with Gasteiger partial charge in [-0.3, -0.25) is 4.79 Å². The lowest BCUT2D eigenvalue weighted by Gasteiger charge is -2.30. The Morgan fingerprint density at radius 3 is 2.41 bits per heavy atom. The molecule has 0 bridgehead atoms. The van der Waals surface area contributed by atoms with Gasteiger partial charge in [0.25, 0.3) is 11.8 Å². The highest BCUT2D eigenvalue weighted by atomic mass is 16.5. The number of hydrogen-bond acceptors (Lipinski definition) is 5. The quantitative estimate of drug-likeness (QED) is 0.425. The number of methoxy groups -OCH3 is 2. The Morgan fingerprint density at radius 1 is 0.971 bits per heavy atom. The Morgan fingerprint density at radius 2 is 1.74 bits per heavy atom. The third-order valence-corrected chi connectivity index (χ3v) is 6.29. The normalized spacial score (nSPS) is 14.6. The summed E-state index contributed by atoms with van der Waals surface area (Å²) in [7, 11) is 3.25. The fourth-order valence-corrected chi connectivity index (χ4v) is 4.14. The van der Waals surface area contributed by atoms with Gasteiger partial charge in [-0.15, -0.1) is 0 Å². The number of pyridine rings is 1. The molecule has 0 fully saturated rings. The van der Waals surface area contributed by atoms with Gasteiger partial charge in [0.05, 0.1) is 14.2 Å². The molecule has 1 aliphatic rings. The highest BCUT2D eigenvalue weighted by molar-refractivity contribution is 5.93. The number of hydrogen-bond donors (Lipinski definition) is 0. The molecule has 0 aliphatic carbocycles. The van der Waals surface area contributed by atoms with Crippen molar-refractivity contribution in [2.75, 3.05) is 20.8 Å². The maximum atomic E-state index is 13.6. The van der Waals surface area contributed by atoms with Gasteiger partial charge in [-0.1, -0.05) is 50.2 Å². The van der Waals surface area contributed by atoms with E-state index in [4.69, 9.17) is 9.47 Å². The molecule has 0 saturated heterocycles.